The Kier molecular flexibility index (Phi) is 8.19. The maximum absolute atomic E-state index is 4.72. The van der Waals surface area contributed by atoms with Gasteiger partial charge in [-0.3, -0.25) is 6.08 Å². The second-order valence-electron chi connectivity index (χ2n) is 3.46. The first-order chi connectivity index (χ1) is 5.97. The molecule has 1 aromatic rings. The molecule has 0 nitrogen and oxygen atoms in total. The largest absolute Gasteiger partial charge is 0.518 e. The van der Waals surface area contributed by atoms with Gasteiger partial charge in [-0.2, -0.15) is 27.8 Å². The van der Waals surface area contributed by atoms with Crippen molar-refractivity contribution < 1.29 is 20.1 Å². The van der Waals surface area contributed by atoms with Crippen molar-refractivity contribution in [2.45, 2.75) is 41.5 Å². The smallest absolute Gasteiger partial charge is 0 e. The van der Waals surface area contributed by atoms with Crippen molar-refractivity contribution in [1.82, 2.24) is 0 Å². The molecule has 1 radical (unpaired) electrons. The summed E-state index contributed by atoms with van der Waals surface area (Å²) in [6, 6.07) is 0. The van der Waals surface area contributed by atoms with Crippen molar-refractivity contribution >= 4 is 0 Å². The van der Waals surface area contributed by atoms with E-state index < -0.39 is 0 Å². The van der Waals surface area contributed by atoms with E-state index in [2.05, 4.69) is 34.6 Å². The van der Waals surface area contributed by atoms with Crippen LogP contribution in [0.5, 0.6) is 0 Å². The molecule has 83 valence electrons. The summed E-state index contributed by atoms with van der Waals surface area (Å²) in [5.74, 6) is 0. The van der Waals surface area contributed by atoms with E-state index in [0.29, 0.717) is 0 Å². The maximum Gasteiger partial charge on any atom is 0 e. The van der Waals surface area contributed by atoms with Gasteiger partial charge in [-0.25, -0.2) is 0 Å². The van der Waals surface area contributed by atoms with Crippen molar-refractivity contribution in [2.24, 2.45) is 0 Å². The van der Waals surface area contributed by atoms with Gasteiger partial charge in [0.25, 0.3) is 0 Å². The molecule has 0 fully saturated rings. The zero-order valence-electron chi connectivity index (χ0n) is 9.99. The SMILES string of the molecule is Cc1c(C)c(C)[c-](C)c1C.[CH-]=CC.[Ir]. The normalized spacial score (nSPS) is 8.43. The van der Waals surface area contributed by atoms with Crippen LogP contribution in [0.2, 0.25) is 0 Å². The van der Waals surface area contributed by atoms with Crippen LogP contribution < -0.4 is 0 Å². The average molecular weight is 369 g/mol. The van der Waals surface area contributed by atoms with Gasteiger partial charge >= 0.3 is 0 Å². The molecule has 14 heavy (non-hydrogen) atoms. The predicted molar refractivity (Wildman–Crippen MR) is 60.3 cm³/mol. The Morgan fingerprint density at radius 3 is 1.29 bits per heavy atom. The third kappa shape index (κ3) is 3.47. The molecule has 0 amide bonds. The Balaban J connectivity index is 0. The summed E-state index contributed by atoms with van der Waals surface area (Å²) >= 11 is 0. The molecule has 0 aliphatic rings. The molecule has 0 bridgehead atoms. The van der Waals surface area contributed by atoms with Crippen LogP contribution in [0.4, 0.5) is 0 Å². The molecular weight excluding hydrogens is 348 g/mol. The summed E-state index contributed by atoms with van der Waals surface area (Å²) in [5.41, 5.74) is 7.34. The third-order valence-corrected chi connectivity index (χ3v) is 2.81. The molecule has 0 heterocycles. The summed E-state index contributed by atoms with van der Waals surface area (Å²) < 4.78 is 0. The van der Waals surface area contributed by atoms with Gasteiger partial charge in [0.1, 0.15) is 0 Å². The van der Waals surface area contributed by atoms with E-state index in [-0.39, 0.29) is 20.1 Å². The first-order valence-corrected chi connectivity index (χ1v) is 4.66. The molecule has 0 aliphatic carbocycles. The van der Waals surface area contributed by atoms with E-state index in [1.165, 1.54) is 33.9 Å². The van der Waals surface area contributed by atoms with E-state index in [1.807, 2.05) is 0 Å². The summed E-state index contributed by atoms with van der Waals surface area (Å²) in [7, 11) is 0. The van der Waals surface area contributed by atoms with Crippen LogP contribution in [0.25, 0.3) is 0 Å². The van der Waals surface area contributed by atoms with Gasteiger partial charge in [0.2, 0.25) is 0 Å². The van der Waals surface area contributed by atoms with Crippen molar-refractivity contribution in [1.29, 1.82) is 0 Å². The fourth-order valence-corrected chi connectivity index (χ4v) is 1.41. The summed E-state index contributed by atoms with van der Waals surface area (Å²) in [6.45, 7) is 17.5. The number of hydrogen-bond acceptors (Lipinski definition) is 0. The first-order valence-electron chi connectivity index (χ1n) is 4.66. The molecular formula is C13H20Ir-2. The van der Waals surface area contributed by atoms with Gasteiger partial charge in [0.05, 0.1) is 0 Å². The Labute approximate surface area is 102 Å². The van der Waals surface area contributed by atoms with E-state index >= 15 is 0 Å². The van der Waals surface area contributed by atoms with E-state index in [4.69, 9.17) is 6.58 Å². The van der Waals surface area contributed by atoms with Crippen molar-refractivity contribution in [2.75, 3.05) is 0 Å². The van der Waals surface area contributed by atoms with Gasteiger partial charge in [0, 0.05) is 20.1 Å². The van der Waals surface area contributed by atoms with Crippen LogP contribution in [-0.2, 0) is 20.1 Å². The Hall–Kier alpha value is -0.261. The maximum atomic E-state index is 4.72. The quantitative estimate of drug-likeness (QED) is 0.609. The van der Waals surface area contributed by atoms with Crippen LogP contribution in [0.1, 0.15) is 34.7 Å². The fraction of sp³-hybridized carbons (Fsp3) is 0.462. The van der Waals surface area contributed by atoms with Crippen LogP contribution >= 0.6 is 0 Å². The Bertz CT molecular complexity index is 212. The molecule has 0 saturated carbocycles. The van der Waals surface area contributed by atoms with Crippen LogP contribution in [0.3, 0.4) is 0 Å². The van der Waals surface area contributed by atoms with E-state index in [9.17, 15) is 0 Å². The van der Waals surface area contributed by atoms with Crippen molar-refractivity contribution in [3.05, 3.63) is 40.5 Å². The fourth-order valence-electron chi connectivity index (χ4n) is 1.41. The number of allylic oxidation sites excluding steroid dienone is 1. The Morgan fingerprint density at radius 1 is 1.00 bits per heavy atom. The number of hydrogen-bond donors (Lipinski definition) is 0. The molecule has 1 aromatic carbocycles. The molecule has 0 atom stereocenters. The minimum absolute atomic E-state index is 0. The van der Waals surface area contributed by atoms with E-state index in [1.54, 1.807) is 6.92 Å². The van der Waals surface area contributed by atoms with Crippen LogP contribution in [0.15, 0.2) is 6.08 Å². The second kappa shape index (κ2) is 7.09. The molecule has 0 unspecified atom stereocenters. The average Bonchev–Trinajstić information content (AvgIpc) is 2.25. The molecule has 0 N–H and O–H groups in total. The van der Waals surface area contributed by atoms with Gasteiger partial charge in [-0.1, -0.05) is 41.5 Å². The molecule has 0 aliphatic heterocycles. The molecule has 1 rings (SSSR count). The van der Waals surface area contributed by atoms with Crippen LogP contribution in [-0.4, -0.2) is 0 Å². The van der Waals surface area contributed by atoms with Crippen molar-refractivity contribution in [3.8, 4) is 0 Å². The molecule has 0 spiro atoms. The zero-order chi connectivity index (χ0) is 10.6. The molecule has 0 aromatic heterocycles. The monoisotopic (exact) mass is 369 g/mol. The van der Waals surface area contributed by atoms with Gasteiger partial charge in [-0.15, -0.1) is 0 Å². The minimum Gasteiger partial charge on any atom is -0.518 e. The predicted octanol–water partition coefficient (Wildman–Crippen LogP) is 3.94. The van der Waals surface area contributed by atoms with Gasteiger partial charge < -0.3 is 6.58 Å². The van der Waals surface area contributed by atoms with Gasteiger partial charge in [0.15, 0.2) is 0 Å². The third-order valence-electron chi connectivity index (χ3n) is 2.81. The standard InChI is InChI=1S/C10H15.C3H5.Ir/c1-6-7(2)9(4)10(5)8(6)3;1-3-2;/h1-5H3;1,3H,2H3;/q2*-1;. The summed E-state index contributed by atoms with van der Waals surface area (Å²) in [4.78, 5) is 0. The van der Waals surface area contributed by atoms with Crippen molar-refractivity contribution in [3.63, 3.8) is 0 Å². The first kappa shape index (κ1) is 16.2. The summed E-state index contributed by atoms with van der Waals surface area (Å²) in [6.07, 6.45) is 1.50. The number of rotatable bonds is 0. The minimum atomic E-state index is 0. The summed E-state index contributed by atoms with van der Waals surface area (Å²) in [5, 5.41) is 0. The van der Waals surface area contributed by atoms with Gasteiger partial charge in [-0.05, 0) is 0 Å². The molecule has 1 heteroatoms. The second-order valence-corrected chi connectivity index (χ2v) is 3.46. The Morgan fingerprint density at radius 2 is 1.21 bits per heavy atom. The zero-order valence-corrected chi connectivity index (χ0v) is 12.4. The topological polar surface area (TPSA) is 0 Å². The van der Waals surface area contributed by atoms with Crippen LogP contribution in [0, 0.1) is 41.2 Å². The van der Waals surface area contributed by atoms with E-state index in [0.717, 1.165) is 0 Å². The molecule has 0 saturated heterocycles.